The minimum Gasteiger partial charge on any atom is -0.493 e. The van der Waals surface area contributed by atoms with Crippen molar-refractivity contribution in [2.75, 3.05) is 31.2 Å². The molecule has 3 heterocycles. The van der Waals surface area contributed by atoms with E-state index in [4.69, 9.17) is 9.84 Å². The van der Waals surface area contributed by atoms with Crippen LogP contribution in [-0.4, -0.2) is 59.6 Å². The molecule has 0 saturated carbocycles. The molecule has 1 fully saturated rings. The number of hydrogen-bond acceptors (Lipinski definition) is 6. The lowest BCUT2D eigenvalue weighted by Crippen LogP contribution is -2.45. The van der Waals surface area contributed by atoms with E-state index in [1.165, 1.54) is 6.08 Å². The van der Waals surface area contributed by atoms with E-state index >= 15 is 0 Å². The molecule has 1 aromatic carbocycles. The molecule has 38 heavy (non-hydrogen) atoms. The maximum Gasteiger partial charge on any atom is 0.246 e. The summed E-state index contributed by atoms with van der Waals surface area (Å²) >= 11 is 0. The number of aliphatic hydroxyl groups excluding tert-OH is 1. The Morgan fingerprint density at radius 2 is 2.03 bits per heavy atom. The van der Waals surface area contributed by atoms with Gasteiger partial charge in [0.15, 0.2) is 0 Å². The van der Waals surface area contributed by atoms with Crippen molar-refractivity contribution in [1.29, 1.82) is 0 Å². The lowest BCUT2D eigenvalue weighted by Gasteiger charge is -2.36. The topological polar surface area (TPSA) is 78.3 Å². The Kier molecular flexibility index (Phi) is 8.17. The first-order chi connectivity index (χ1) is 18.5. The fraction of sp³-hybridized carbons (Fsp3) is 0.433. The van der Waals surface area contributed by atoms with Crippen LogP contribution in [0.3, 0.4) is 0 Å². The average Bonchev–Trinajstić information content (AvgIpc) is 3.44. The number of aliphatic hydroxyl groups is 1. The predicted octanol–water partition coefficient (Wildman–Crippen LogP) is 5.05. The van der Waals surface area contributed by atoms with Crippen molar-refractivity contribution >= 4 is 17.9 Å². The zero-order chi connectivity index (χ0) is 26.5. The highest BCUT2D eigenvalue weighted by molar-refractivity contribution is 5.82. The summed E-state index contributed by atoms with van der Waals surface area (Å²) in [7, 11) is 0. The van der Waals surface area contributed by atoms with Crippen LogP contribution in [0.25, 0.3) is 11.1 Å². The number of rotatable bonds is 8. The van der Waals surface area contributed by atoms with Crippen LogP contribution in [0.2, 0.25) is 0 Å². The molecule has 2 atom stereocenters. The Morgan fingerprint density at radius 1 is 1.18 bits per heavy atom. The molecule has 1 aromatic heterocycles. The van der Waals surface area contributed by atoms with E-state index in [1.54, 1.807) is 17.3 Å². The second kappa shape index (κ2) is 11.9. The molecule has 2 unspecified atom stereocenters. The summed E-state index contributed by atoms with van der Waals surface area (Å²) < 4.78 is 20.3. The van der Waals surface area contributed by atoms with Crippen molar-refractivity contribution in [2.45, 2.75) is 45.1 Å². The summed E-state index contributed by atoms with van der Waals surface area (Å²) in [6, 6.07) is 9.87. The quantitative estimate of drug-likeness (QED) is 0.495. The van der Waals surface area contributed by atoms with Crippen molar-refractivity contribution in [3.63, 3.8) is 0 Å². The zero-order valence-electron chi connectivity index (χ0n) is 21.8. The van der Waals surface area contributed by atoms with Crippen LogP contribution in [0.5, 0.6) is 5.75 Å². The molecule has 200 valence electrons. The minimum absolute atomic E-state index is 0.00102. The predicted molar refractivity (Wildman–Crippen MR) is 147 cm³/mol. The molecule has 2 aromatic rings. The smallest absolute Gasteiger partial charge is 0.246 e. The van der Waals surface area contributed by atoms with Crippen molar-refractivity contribution in [3.05, 3.63) is 66.1 Å². The summed E-state index contributed by atoms with van der Waals surface area (Å²) in [4.78, 5) is 20.2. The van der Waals surface area contributed by atoms with Gasteiger partial charge in [0.05, 0.1) is 12.6 Å². The molecule has 1 N–H and O–H groups in total. The van der Waals surface area contributed by atoms with Gasteiger partial charge in [-0.05, 0) is 73.2 Å². The van der Waals surface area contributed by atoms with E-state index in [1.807, 2.05) is 36.5 Å². The number of ether oxygens (including phenoxy) is 1. The maximum atomic E-state index is 14.5. The SMILES string of the molecule is Cc1ccc(OCCCO)cc1-c1ccnc(N2CCC(C(=O)N3N=CCC3C3CC=CC=C3F)CC2)c1. The third kappa shape index (κ3) is 5.65. The van der Waals surface area contributed by atoms with E-state index < -0.39 is 0 Å². The number of amides is 1. The Balaban J connectivity index is 1.23. The summed E-state index contributed by atoms with van der Waals surface area (Å²) in [5.41, 5.74) is 3.28. The average molecular weight is 519 g/mol. The standard InChI is InChI=1S/C30H35FN4O3/c1-21-7-8-24(38-18-4-17-36)20-26(21)23-9-13-32-29(19-23)34-15-11-22(12-16-34)30(37)35-28(10-14-33-35)25-5-2-3-6-27(25)31/h2-3,6-9,13-14,19-20,22,25,28,36H,4-5,10-12,15-18H2,1H3. The Hall–Kier alpha value is -3.52. The molecule has 1 saturated heterocycles. The van der Waals surface area contributed by atoms with Gasteiger partial charge in [0.2, 0.25) is 5.91 Å². The first kappa shape index (κ1) is 26.1. The molecule has 2 aliphatic heterocycles. The molecule has 8 heteroatoms. The number of benzene rings is 1. The normalized spacial score (nSPS) is 21.6. The van der Waals surface area contributed by atoms with E-state index in [9.17, 15) is 9.18 Å². The largest absolute Gasteiger partial charge is 0.493 e. The number of hydrogen-bond donors (Lipinski definition) is 1. The van der Waals surface area contributed by atoms with E-state index in [-0.39, 0.29) is 36.2 Å². The van der Waals surface area contributed by atoms with E-state index in [2.05, 4.69) is 28.0 Å². The highest BCUT2D eigenvalue weighted by Gasteiger charge is 2.39. The molecule has 0 bridgehead atoms. The molecule has 5 rings (SSSR count). The maximum absolute atomic E-state index is 14.5. The Bertz CT molecular complexity index is 1240. The second-order valence-electron chi connectivity index (χ2n) is 10.2. The monoisotopic (exact) mass is 518 g/mol. The number of aryl methyl sites for hydroxylation is 1. The van der Waals surface area contributed by atoms with Crippen LogP contribution >= 0.6 is 0 Å². The van der Waals surface area contributed by atoms with Crippen LogP contribution in [0.15, 0.2) is 65.7 Å². The van der Waals surface area contributed by atoms with Gasteiger partial charge in [-0.3, -0.25) is 4.79 Å². The third-order valence-electron chi connectivity index (χ3n) is 7.70. The van der Waals surface area contributed by atoms with Gasteiger partial charge in [-0.15, -0.1) is 0 Å². The summed E-state index contributed by atoms with van der Waals surface area (Å²) in [6.45, 7) is 4.09. The van der Waals surface area contributed by atoms with Gasteiger partial charge in [-0.1, -0.05) is 18.2 Å². The van der Waals surface area contributed by atoms with Gasteiger partial charge >= 0.3 is 0 Å². The number of carbonyl (C=O) groups is 1. The third-order valence-corrected chi connectivity index (χ3v) is 7.70. The minimum atomic E-state index is -0.319. The van der Waals surface area contributed by atoms with Crippen molar-refractivity contribution in [3.8, 4) is 16.9 Å². The highest BCUT2D eigenvalue weighted by Crippen LogP contribution is 2.35. The van der Waals surface area contributed by atoms with E-state index in [0.29, 0.717) is 38.7 Å². The number of carbonyl (C=O) groups excluding carboxylic acids is 1. The van der Waals surface area contributed by atoms with Gasteiger partial charge < -0.3 is 14.7 Å². The molecule has 0 spiro atoms. The number of anilines is 1. The van der Waals surface area contributed by atoms with Crippen LogP contribution in [0, 0.1) is 18.8 Å². The Labute approximate surface area is 223 Å². The molecule has 0 radical (unpaired) electrons. The highest BCUT2D eigenvalue weighted by atomic mass is 19.1. The molecule has 3 aliphatic rings. The first-order valence-corrected chi connectivity index (χ1v) is 13.5. The second-order valence-corrected chi connectivity index (χ2v) is 10.2. The van der Waals surface area contributed by atoms with Crippen molar-refractivity contribution in [2.24, 2.45) is 16.9 Å². The molecular weight excluding hydrogens is 483 g/mol. The lowest BCUT2D eigenvalue weighted by molar-refractivity contribution is -0.138. The molecule has 1 aliphatic carbocycles. The number of aromatic nitrogens is 1. The lowest BCUT2D eigenvalue weighted by atomic mass is 9.88. The number of piperidine rings is 1. The van der Waals surface area contributed by atoms with Gasteiger partial charge in [-0.2, -0.15) is 5.10 Å². The van der Waals surface area contributed by atoms with Gasteiger partial charge in [0, 0.05) is 56.8 Å². The number of halogens is 1. The first-order valence-electron chi connectivity index (χ1n) is 13.5. The van der Waals surface area contributed by atoms with Crippen molar-refractivity contribution in [1.82, 2.24) is 9.99 Å². The van der Waals surface area contributed by atoms with E-state index in [0.717, 1.165) is 41.3 Å². The fourth-order valence-electron chi connectivity index (χ4n) is 5.50. The van der Waals surface area contributed by atoms with Gasteiger partial charge in [0.25, 0.3) is 0 Å². The van der Waals surface area contributed by atoms with Crippen LogP contribution in [-0.2, 0) is 4.79 Å². The van der Waals surface area contributed by atoms with Crippen molar-refractivity contribution < 1.29 is 19.0 Å². The van der Waals surface area contributed by atoms with Crippen LogP contribution in [0.1, 0.15) is 37.7 Å². The zero-order valence-corrected chi connectivity index (χ0v) is 21.8. The number of allylic oxidation sites excluding steroid dienone is 3. The molecular formula is C30H35FN4O3. The van der Waals surface area contributed by atoms with Crippen LogP contribution in [0.4, 0.5) is 10.2 Å². The number of pyridine rings is 1. The molecule has 7 nitrogen and oxygen atoms in total. The molecule has 1 amide bonds. The summed E-state index contributed by atoms with van der Waals surface area (Å²) in [6.07, 6.45) is 12.0. The Morgan fingerprint density at radius 3 is 2.82 bits per heavy atom. The number of hydrazone groups is 1. The van der Waals surface area contributed by atoms with Gasteiger partial charge in [-0.25, -0.2) is 14.4 Å². The fourth-order valence-corrected chi connectivity index (χ4v) is 5.50. The van der Waals surface area contributed by atoms with Gasteiger partial charge in [0.1, 0.15) is 17.4 Å². The van der Waals surface area contributed by atoms with Crippen LogP contribution < -0.4 is 9.64 Å². The number of nitrogens with zero attached hydrogens (tertiary/aromatic N) is 4. The summed E-state index contributed by atoms with van der Waals surface area (Å²) in [5.74, 6) is 1.05. The summed E-state index contributed by atoms with van der Waals surface area (Å²) in [5, 5.41) is 14.9.